The Bertz CT molecular complexity index is 1000. The number of morpholine rings is 1. The van der Waals surface area contributed by atoms with Gasteiger partial charge in [0.25, 0.3) is 0 Å². The molecule has 0 spiro atoms. The maximum atomic E-state index is 12.8. The van der Waals surface area contributed by atoms with Crippen LogP contribution in [0.1, 0.15) is 5.56 Å². The Morgan fingerprint density at radius 1 is 0.871 bits per heavy atom. The van der Waals surface area contributed by atoms with Crippen molar-refractivity contribution in [1.82, 2.24) is 14.3 Å². The van der Waals surface area contributed by atoms with Crippen LogP contribution in [0.25, 0.3) is 0 Å². The molecule has 1 aromatic heterocycles. The Hall–Kier alpha value is -2.44. The maximum absolute atomic E-state index is 12.8. The van der Waals surface area contributed by atoms with Gasteiger partial charge in [-0.15, -0.1) is 0 Å². The third kappa shape index (κ3) is 4.75. The fourth-order valence-electron chi connectivity index (χ4n) is 3.55. The lowest BCUT2D eigenvalue weighted by atomic mass is 10.2. The molecule has 4 rings (SSSR count). The number of piperazine rings is 1. The average molecular weight is 457 g/mol. The number of sulfonamides is 1. The van der Waals surface area contributed by atoms with Crippen molar-refractivity contribution in [3.05, 3.63) is 42.1 Å². The summed E-state index contributed by atoms with van der Waals surface area (Å²) < 4.78 is 70.5. The van der Waals surface area contributed by atoms with Crippen LogP contribution in [0.5, 0.6) is 0 Å². The smallest absolute Gasteiger partial charge is 0.378 e. The number of ether oxygens (including phenoxy) is 1. The normalized spacial score (nSPS) is 18.9. The number of alkyl halides is 3. The Labute approximate surface area is 178 Å². The Morgan fingerprint density at radius 3 is 2.13 bits per heavy atom. The molecule has 0 aliphatic carbocycles. The zero-order chi connectivity index (χ0) is 22.1. The van der Waals surface area contributed by atoms with Gasteiger partial charge in [-0.05, 0) is 30.3 Å². The number of anilines is 2. The lowest BCUT2D eigenvalue weighted by Crippen LogP contribution is -2.49. The number of hydrogen-bond acceptors (Lipinski definition) is 7. The fraction of sp³-hybridized carbons (Fsp3) is 0.474. The zero-order valence-electron chi connectivity index (χ0n) is 16.6. The molecule has 2 fully saturated rings. The number of hydrogen-bond donors (Lipinski definition) is 0. The molecule has 2 aromatic rings. The molecule has 0 unspecified atom stereocenters. The first-order chi connectivity index (χ1) is 14.7. The number of aromatic nitrogens is 2. The lowest BCUT2D eigenvalue weighted by molar-refractivity contribution is -0.137. The third-order valence-corrected chi connectivity index (χ3v) is 7.22. The monoisotopic (exact) mass is 457 g/mol. The maximum Gasteiger partial charge on any atom is 0.416 e. The van der Waals surface area contributed by atoms with E-state index in [0.717, 1.165) is 24.3 Å². The Kier molecular flexibility index (Phi) is 6.04. The molecule has 0 N–H and O–H groups in total. The summed E-state index contributed by atoms with van der Waals surface area (Å²) in [5.41, 5.74) is -0.879. The van der Waals surface area contributed by atoms with Crippen LogP contribution in [-0.4, -0.2) is 75.2 Å². The van der Waals surface area contributed by atoms with E-state index < -0.39 is 21.8 Å². The van der Waals surface area contributed by atoms with E-state index in [-0.39, 0.29) is 18.0 Å². The second kappa shape index (κ2) is 8.60. The number of halogens is 3. The van der Waals surface area contributed by atoms with Gasteiger partial charge in [-0.1, -0.05) is 0 Å². The minimum absolute atomic E-state index is 0.148. The van der Waals surface area contributed by atoms with E-state index in [1.165, 1.54) is 4.31 Å². The van der Waals surface area contributed by atoms with Crippen molar-refractivity contribution in [2.45, 2.75) is 11.1 Å². The molecular formula is C19H22F3N5O3S. The molecule has 8 nitrogen and oxygen atoms in total. The van der Waals surface area contributed by atoms with E-state index in [2.05, 4.69) is 9.97 Å². The molecule has 12 heteroatoms. The summed E-state index contributed by atoms with van der Waals surface area (Å²) in [7, 11) is -3.87. The van der Waals surface area contributed by atoms with E-state index >= 15 is 0 Å². The molecule has 0 radical (unpaired) electrons. The van der Waals surface area contributed by atoms with Gasteiger partial charge in [-0.2, -0.15) is 22.5 Å². The SMILES string of the molecule is O=S(=O)(c1ccc(C(F)(F)F)cc1)N1CCN(c2ccnc(N3CCOCC3)n2)CC1. The van der Waals surface area contributed by atoms with Gasteiger partial charge in [0, 0.05) is 45.5 Å². The third-order valence-electron chi connectivity index (χ3n) is 5.30. The molecule has 2 saturated heterocycles. The van der Waals surface area contributed by atoms with Crippen molar-refractivity contribution >= 4 is 21.8 Å². The first-order valence-corrected chi connectivity index (χ1v) is 11.3. The first kappa shape index (κ1) is 21.8. The molecular weight excluding hydrogens is 435 g/mol. The highest BCUT2D eigenvalue weighted by Gasteiger charge is 2.33. The number of nitrogens with zero attached hydrogens (tertiary/aromatic N) is 5. The molecule has 168 valence electrons. The van der Waals surface area contributed by atoms with Crippen LogP contribution in [0.15, 0.2) is 41.4 Å². The van der Waals surface area contributed by atoms with Crippen LogP contribution >= 0.6 is 0 Å². The fourth-order valence-corrected chi connectivity index (χ4v) is 4.98. The van der Waals surface area contributed by atoms with Crippen LogP contribution in [0.4, 0.5) is 24.9 Å². The predicted molar refractivity (Wildman–Crippen MR) is 107 cm³/mol. The molecule has 2 aliphatic rings. The van der Waals surface area contributed by atoms with Gasteiger partial charge in [0.05, 0.1) is 23.7 Å². The topological polar surface area (TPSA) is 78.9 Å². The van der Waals surface area contributed by atoms with Crippen LogP contribution in [0.3, 0.4) is 0 Å². The minimum atomic E-state index is -4.51. The first-order valence-electron chi connectivity index (χ1n) is 9.83. The van der Waals surface area contributed by atoms with Gasteiger partial charge < -0.3 is 14.5 Å². The van der Waals surface area contributed by atoms with Crippen LogP contribution < -0.4 is 9.80 Å². The van der Waals surface area contributed by atoms with Crippen molar-refractivity contribution in [3.8, 4) is 0 Å². The van der Waals surface area contributed by atoms with E-state index in [1.807, 2.05) is 9.80 Å². The molecule has 0 atom stereocenters. The second-order valence-electron chi connectivity index (χ2n) is 7.23. The van der Waals surface area contributed by atoms with Crippen molar-refractivity contribution in [2.75, 3.05) is 62.3 Å². The molecule has 0 bridgehead atoms. The standard InChI is InChI=1S/C19H22F3N5O3S/c20-19(21,22)15-1-3-16(4-2-15)31(28,29)27-9-7-25(8-10-27)17-5-6-23-18(24-17)26-11-13-30-14-12-26/h1-6H,7-14H2. The highest BCUT2D eigenvalue weighted by Crippen LogP contribution is 2.30. The predicted octanol–water partition coefficient (Wildman–Crippen LogP) is 1.84. The second-order valence-corrected chi connectivity index (χ2v) is 9.17. The lowest BCUT2D eigenvalue weighted by Gasteiger charge is -2.35. The van der Waals surface area contributed by atoms with Gasteiger partial charge in [0.1, 0.15) is 5.82 Å². The summed E-state index contributed by atoms with van der Waals surface area (Å²) in [4.78, 5) is 12.8. The van der Waals surface area contributed by atoms with Crippen LogP contribution in [0.2, 0.25) is 0 Å². The summed E-state index contributed by atoms with van der Waals surface area (Å²) in [5.74, 6) is 1.32. The molecule has 0 saturated carbocycles. The van der Waals surface area contributed by atoms with E-state index in [9.17, 15) is 21.6 Å². The summed E-state index contributed by atoms with van der Waals surface area (Å²) >= 11 is 0. The van der Waals surface area contributed by atoms with Crippen molar-refractivity contribution < 1.29 is 26.3 Å². The van der Waals surface area contributed by atoms with Gasteiger partial charge in [0.2, 0.25) is 16.0 Å². The number of rotatable bonds is 4. The zero-order valence-corrected chi connectivity index (χ0v) is 17.4. The van der Waals surface area contributed by atoms with Crippen molar-refractivity contribution in [1.29, 1.82) is 0 Å². The van der Waals surface area contributed by atoms with Gasteiger partial charge in [0.15, 0.2) is 0 Å². The quantitative estimate of drug-likeness (QED) is 0.693. The van der Waals surface area contributed by atoms with Gasteiger partial charge in [-0.3, -0.25) is 0 Å². The molecule has 31 heavy (non-hydrogen) atoms. The molecule has 3 heterocycles. The largest absolute Gasteiger partial charge is 0.416 e. The minimum Gasteiger partial charge on any atom is -0.378 e. The Morgan fingerprint density at radius 2 is 1.52 bits per heavy atom. The van der Waals surface area contributed by atoms with E-state index in [4.69, 9.17) is 4.74 Å². The van der Waals surface area contributed by atoms with E-state index in [0.29, 0.717) is 51.2 Å². The van der Waals surface area contributed by atoms with Crippen molar-refractivity contribution in [3.63, 3.8) is 0 Å². The van der Waals surface area contributed by atoms with Gasteiger partial charge >= 0.3 is 6.18 Å². The van der Waals surface area contributed by atoms with Crippen LogP contribution in [-0.2, 0) is 20.9 Å². The van der Waals surface area contributed by atoms with Gasteiger partial charge in [-0.25, -0.2) is 13.4 Å². The molecule has 1 aromatic carbocycles. The molecule has 0 amide bonds. The highest BCUT2D eigenvalue weighted by atomic mass is 32.2. The Balaban J connectivity index is 1.42. The highest BCUT2D eigenvalue weighted by molar-refractivity contribution is 7.89. The molecule has 2 aliphatic heterocycles. The van der Waals surface area contributed by atoms with Crippen LogP contribution in [0, 0.1) is 0 Å². The average Bonchev–Trinajstić information content (AvgIpc) is 2.79. The van der Waals surface area contributed by atoms with E-state index in [1.54, 1.807) is 12.3 Å². The summed E-state index contributed by atoms with van der Waals surface area (Å²) in [5, 5.41) is 0. The summed E-state index contributed by atoms with van der Waals surface area (Å²) in [6, 6.07) is 5.37. The number of benzene rings is 1. The van der Waals surface area contributed by atoms with Crippen molar-refractivity contribution in [2.24, 2.45) is 0 Å². The summed E-state index contributed by atoms with van der Waals surface area (Å²) in [6.07, 6.45) is -2.83. The summed E-state index contributed by atoms with van der Waals surface area (Å²) in [6.45, 7) is 3.91.